The minimum absolute atomic E-state index is 0.121. The number of aromatic nitrogens is 2. The minimum atomic E-state index is -0.121. The molecule has 1 aliphatic heterocycles. The van der Waals surface area contributed by atoms with Crippen LogP contribution < -0.4 is 5.32 Å². The number of hydrogen-bond donors (Lipinski definition) is 1. The Balaban J connectivity index is 1.56. The van der Waals surface area contributed by atoms with Crippen LogP contribution in [0.3, 0.4) is 0 Å². The number of carbonyl (C=O) groups is 1. The van der Waals surface area contributed by atoms with E-state index in [0.29, 0.717) is 12.2 Å². The number of aryl methyl sites for hydroxylation is 1. The van der Waals surface area contributed by atoms with Crippen molar-refractivity contribution in [2.45, 2.75) is 6.92 Å². The monoisotopic (exact) mass is 288 g/mol. The number of morpholine rings is 1. The van der Waals surface area contributed by atoms with Gasteiger partial charge in [-0.25, -0.2) is 4.98 Å². The van der Waals surface area contributed by atoms with E-state index in [1.165, 1.54) is 0 Å². The van der Waals surface area contributed by atoms with E-state index in [9.17, 15) is 4.79 Å². The molecule has 3 heterocycles. The highest BCUT2D eigenvalue weighted by Crippen LogP contribution is 2.07. The average Bonchev–Trinajstić information content (AvgIpc) is 2.91. The molecule has 1 fully saturated rings. The highest BCUT2D eigenvalue weighted by molar-refractivity contribution is 5.92. The first-order valence-electron chi connectivity index (χ1n) is 7.26. The molecule has 6 nitrogen and oxygen atoms in total. The Kier molecular flexibility index (Phi) is 4.17. The van der Waals surface area contributed by atoms with Gasteiger partial charge in [0.1, 0.15) is 11.3 Å². The summed E-state index contributed by atoms with van der Waals surface area (Å²) in [5, 5.41) is 2.92. The lowest BCUT2D eigenvalue weighted by Gasteiger charge is -2.26. The molecule has 2 aromatic heterocycles. The van der Waals surface area contributed by atoms with E-state index in [1.54, 1.807) is 6.20 Å². The lowest BCUT2D eigenvalue weighted by atomic mass is 10.3. The number of ether oxygens (including phenoxy) is 1. The predicted octanol–water partition coefficient (Wildman–Crippen LogP) is 0.705. The van der Waals surface area contributed by atoms with Gasteiger partial charge in [0.15, 0.2) is 0 Å². The summed E-state index contributed by atoms with van der Waals surface area (Å²) in [7, 11) is 0. The topological polar surface area (TPSA) is 58.9 Å². The molecule has 0 saturated carbocycles. The standard InChI is InChI=1S/C15H20N4O2/c1-12-2-3-14-17-13(11-19(14)10-12)15(20)16-4-5-18-6-8-21-9-7-18/h2-3,10-11H,4-9H2,1H3,(H,16,20). The normalized spacial score (nSPS) is 16.2. The first kappa shape index (κ1) is 14.0. The summed E-state index contributed by atoms with van der Waals surface area (Å²) in [5.41, 5.74) is 2.39. The molecule has 0 bridgehead atoms. The third-order valence-electron chi connectivity index (χ3n) is 3.65. The third kappa shape index (κ3) is 3.40. The second kappa shape index (κ2) is 6.24. The van der Waals surface area contributed by atoms with Gasteiger partial charge >= 0.3 is 0 Å². The number of fused-ring (bicyclic) bond motifs is 1. The van der Waals surface area contributed by atoms with Crippen LogP contribution in [-0.4, -0.2) is 59.6 Å². The van der Waals surface area contributed by atoms with Gasteiger partial charge < -0.3 is 14.5 Å². The molecule has 0 spiro atoms. The van der Waals surface area contributed by atoms with E-state index in [2.05, 4.69) is 15.2 Å². The van der Waals surface area contributed by atoms with Crippen molar-refractivity contribution >= 4 is 11.6 Å². The van der Waals surface area contributed by atoms with Crippen molar-refractivity contribution in [3.8, 4) is 0 Å². The first-order valence-corrected chi connectivity index (χ1v) is 7.26. The Morgan fingerprint density at radius 1 is 1.33 bits per heavy atom. The lowest BCUT2D eigenvalue weighted by molar-refractivity contribution is 0.0383. The van der Waals surface area contributed by atoms with Gasteiger partial charge in [-0.15, -0.1) is 0 Å². The van der Waals surface area contributed by atoms with Crippen LogP contribution in [0.1, 0.15) is 16.1 Å². The van der Waals surface area contributed by atoms with Gasteiger partial charge in [-0.05, 0) is 18.6 Å². The summed E-state index contributed by atoms with van der Waals surface area (Å²) in [6.07, 6.45) is 3.74. The molecule has 2 aromatic rings. The van der Waals surface area contributed by atoms with Crippen LogP contribution in [-0.2, 0) is 4.74 Å². The van der Waals surface area contributed by atoms with Gasteiger partial charge in [0, 0.05) is 38.6 Å². The third-order valence-corrected chi connectivity index (χ3v) is 3.65. The number of hydrogen-bond acceptors (Lipinski definition) is 4. The molecule has 1 amide bonds. The number of nitrogens with zero attached hydrogens (tertiary/aromatic N) is 3. The Morgan fingerprint density at radius 3 is 2.95 bits per heavy atom. The molecule has 0 aliphatic carbocycles. The molecular weight excluding hydrogens is 268 g/mol. The molecule has 112 valence electrons. The number of carbonyl (C=O) groups excluding carboxylic acids is 1. The molecule has 21 heavy (non-hydrogen) atoms. The highest BCUT2D eigenvalue weighted by Gasteiger charge is 2.12. The summed E-state index contributed by atoms with van der Waals surface area (Å²) in [6, 6.07) is 3.91. The molecule has 0 aromatic carbocycles. The van der Waals surface area contributed by atoms with Crippen molar-refractivity contribution in [1.82, 2.24) is 19.6 Å². The van der Waals surface area contributed by atoms with E-state index in [1.807, 2.05) is 29.7 Å². The Morgan fingerprint density at radius 2 is 2.14 bits per heavy atom. The van der Waals surface area contributed by atoms with Crippen LogP contribution in [0.25, 0.3) is 5.65 Å². The quantitative estimate of drug-likeness (QED) is 0.900. The molecule has 1 N–H and O–H groups in total. The SMILES string of the molecule is Cc1ccc2nc(C(=O)NCCN3CCOCC3)cn2c1. The molecule has 3 rings (SSSR count). The summed E-state index contributed by atoms with van der Waals surface area (Å²) >= 11 is 0. The zero-order valence-corrected chi connectivity index (χ0v) is 12.2. The maximum atomic E-state index is 12.1. The maximum Gasteiger partial charge on any atom is 0.271 e. The van der Waals surface area contributed by atoms with Crippen molar-refractivity contribution in [2.75, 3.05) is 39.4 Å². The van der Waals surface area contributed by atoms with Crippen LogP contribution in [0.2, 0.25) is 0 Å². The van der Waals surface area contributed by atoms with Crippen molar-refractivity contribution in [1.29, 1.82) is 0 Å². The molecule has 6 heteroatoms. The molecule has 0 atom stereocenters. The van der Waals surface area contributed by atoms with E-state index in [0.717, 1.165) is 44.1 Å². The number of imidazole rings is 1. The summed E-state index contributed by atoms with van der Waals surface area (Å²) < 4.78 is 7.18. The van der Waals surface area contributed by atoms with Crippen molar-refractivity contribution < 1.29 is 9.53 Å². The Bertz CT molecular complexity index is 632. The van der Waals surface area contributed by atoms with Gasteiger partial charge in [0.25, 0.3) is 5.91 Å². The van der Waals surface area contributed by atoms with Crippen LogP contribution in [0.4, 0.5) is 0 Å². The molecule has 0 radical (unpaired) electrons. The maximum absolute atomic E-state index is 12.1. The second-order valence-corrected chi connectivity index (χ2v) is 5.31. The largest absolute Gasteiger partial charge is 0.379 e. The van der Waals surface area contributed by atoms with E-state index in [-0.39, 0.29) is 5.91 Å². The van der Waals surface area contributed by atoms with Crippen molar-refractivity contribution in [3.63, 3.8) is 0 Å². The minimum Gasteiger partial charge on any atom is -0.379 e. The van der Waals surface area contributed by atoms with Gasteiger partial charge in [0.05, 0.1) is 13.2 Å². The van der Waals surface area contributed by atoms with Crippen molar-refractivity contribution in [3.05, 3.63) is 35.8 Å². The van der Waals surface area contributed by atoms with Crippen LogP contribution in [0.5, 0.6) is 0 Å². The fraction of sp³-hybridized carbons (Fsp3) is 0.467. The van der Waals surface area contributed by atoms with Gasteiger partial charge in [0.2, 0.25) is 0 Å². The zero-order chi connectivity index (χ0) is 14.7. The van der Waals surface area contributed by atoms with Crippen LogP contribution in [0, 0.1) is 6.92 Å². The first-order chi connectivity index (χ1) is 10.2. The fourth-order valence-corrected chi connectivity index (χ4v) is 2.46. The van der Waals surface area contributed by atoms with E-state index >= 15 is 0 Å². The smallest absolute Gasteiger partial charge is 0.271 e. The van der Waals surface area contributed by atoms with E-state index in [4.69, 9.17) is 4.74 Å². The number of rotatable bonds is 4. The zero-order valence-electron chi connectivity index (χ0n) is 12.2. The van der Waals surface area contributed by atoms with Gasteiger partial charge in [-0.1, -0.05) is 6.07 Å². The lowest BCUT2D eigenvalue weighted by Crippen LogP contribution is -2.41. The predicted molar refractivity (Wildman–Crippen MR) is 79.5 cm³/mol. The van der Waals surface area contributed by atoms with Crippen molar-refractivity contribution in [2.24, 2.45) is 0 Å². The summed E-state index contributed by atoms with van der Waals surface area (Å²) in [5.74, 6) is -0.121. The summed E-state index contributed by atoms with van der Waals surface area (Å²) in [6.45, 7) is 6.92. The average molecular weight is 288 g/mol. The molecule has 1 aliphatic rings. The van der Waals surface area contributed by atoms with Gasteiger partial charge in [-0.2, -0.15) is 0 Å². The van der Waals surface area contributed by atoms with Crippen LogP contribution in [0.15, 0.2) is 24.5 Å². The number of pyridine rings is 1. The second-order valence-electron chi connectivity index (χ2n) is 5.31. The Labute approximate surface area is 123 Å². The molecular formula is C15H20N4O2. The van der Waals surface area contributed by atoms with Gasteiger partial charge in [-0.3, -0.25) is 9.69 Å². The number of amides is 1. The molecule has 1 saturated heterocycles. The number of nitrogens with one attached hydrogen (secondary N) is 1. The van der Waals surface area contributed by atoms with Crippen LogP contribution >= 0.6 is 0 Å². The van der Waals surface area contributed by atoms with E-state index < -0.39 is 0 Å². The summed E-state index contributed by atoms with van der Waals surface area (Å²) in [4.78, 5) is 18.7. The Hall–Kier alpha value is -1.92. The highest BCUT2D eigenvalue weighted by atomic mass is 16.5. The molecule has 0 unspecified atom stereocenters. The fourth-order valence-electron chi connectivity index (χ4n) is 2.46.